The molecule has 1 amide bonds. The van der Waals surface area contributed by atoms with Crippen molar-refractivity contribution in [2.24, 2.45) is 0 Å². The van der Waals surface area contributed by atoms with E-state index in [2.05, 4.69) is 10.3 Å². The first-order valence-corrected chi connectivity index (χ1v) is 7.32. The van der Waals surface area contributed by atoms with Gasteiger partial charge in [-0.25, -0.2) is 9.78 Å². The summed E-state index contributed by atoms with van der Waals surface area (Å²) in [4.78, 5) is 28.4. The number of nitrogens with zero attached hydrogens (tertiary/aromatic N) is 1. The molecule has 0 saturated heterocycles. The second kappa shape index (κ2) is 7.93. The number of rotatable bonds is 6. The van der Waals surface area contributed by atoms with Gasteiger partial charge in [0.2, 0.25) is 5.88 Å². The van der Waals surface area contributed by atoms with Crippen molar-refractivity contribution in [3.05, 3.63) is 53.7 Å². The topological polar surface area (TPSA) is 77.5 Å². The van der Waals surface area contributed by atoms with Gasteiger partial charge >= 0.3 is 5.97 Å². The quantitative estimate of drug-likeness (QED) is 0.830. The van der Waals surface area contributed by atoms with Crippen molar-refractivity contribution < 1.29 is 19.1 Å². The molecule has 6 heteroatoms. The molecule has 1 heterocycles. The molecule has 0 aliphatic carbocycles. The second-order valence-electron chi connectivity index (χ2n) is 4.51. The van der Waals surface area contributed by atoms with Gasteiger partial charge in [-0.1, -0.05) is 12.1 Å². The van der Waals surface area contributed by atoms with E-state index in [9.17, 15) is 9.59 Å². The number of aromatic nitrogens is 1. The number of carbonyl (C=O) groups is 2. The van der Waals surface area contributed by atoms with E-state index in [0.717, 1.165) is 0 Å². The van der Waals surface area contributed by atoms with Crippen LogP contribution in [0.2, 0.25) is 0 Å². The molecule has 120 valence electrons. The summed E-state index contributed by atoms with van der Waals surface area (Å²) >= 11 is 0. The van der Waals surface area contributed by atoms with Gasteiger partial charge in [-0.2, -0.15) is 0 Å². The Balaban J connectivity index is 2.26. The van der Waals surface area contributed by atoms with Crippen LogP contribution in [0.5, 0.6) is 5.88 Å². The average molecular weight is 314 g/mol. The average Bonchev–Trinajstić information content (AvgIpc) is 2.56. The maximum atomic E-state index is 12.5. The molecule has 2 aromatic rings. The van der Waals surface area contributed by atoms with Gasteiger partial charge in [0.05, 0.1) is 24.5 Å². The van der Waals surface area contributed by atoms with Crippen molar-refractivity contribution in [3.63, 3.8) is 0 Å². The zero-order valence-electron chi connectivity index (χ0n) is 13.0. The third kappa shape index (κ3) is 4.06. The first-order chi connectivity index (χ1) is 11.2. The van der Waals surface area contributed by atoms with Crippen LogP contribution in [0, 0.1) is 0 Å². The van der Waals surface area contributed by atoms with Gasteiger partial charge in [0.1, 0.15) is 5.56 Å². The number of benzene rings is 1. The smallest absolute Gasteiger partial charge is 0.340 e. The van der Waals surface area contributed by atoms with E-state index in [4.69, 9.17) is 9.47 Å². The van der Waals surface area contributed by atoms with Crippen LogP contribution in [0.3, 0.4) is 0 Å². The molecule has 0 aliphatic heterocycles. The maximum absolute atomic E-state index is 12.5. The number of nitrogens with one attached hydrogen (secondary N) is 1. The second-order valence-corrected chi connectivity index (χ2v) is 4.51. The molecular formula is C17H18N2O4. The Labute approximate surface area is 134 Å². The largest absolute Gasteiger partial charge is 0.477 e. The van der Waals surface area contributed by atoms with Crippen LogP contribution in [0.25, 0.3) is 0 Å². The van der Waals surface area contributed by atoms with Gasteiger partial charge in [-0.3, -0.25) is 4.79 Å². The molecule has 0 spiro atoms. The van der Waals surface area contributed by atoms with E-state index < -0.39 is 11.9 Å². The predicted molar refractivity (Wildman–Crippen MR) is 85.8 cm³/mol. The summed E-state index contributed by atoms with van der Waals surface area (Å²) in [6.07, 6.45) is 1.55. The molecule has 0 bridgehead atoms. The summed E-state index contributed by atoms with van der Waals surface area (Å²) in [6, 6.07) is 9.93. The highest BCUT2D eigenvalue weighted by Crippen LogP contribution is 2.20. The Morgan fingerprint density at radius 2 is 1.78 bits per heavy atom. The molecule has 0 atom stereocenters. The van der Waals surface area contributed by atoms with Crippen LogP contribution >= 0.6 is 0 Å². The molecule has 0 fully saturated rings. The van der Waals surface area contributed by atoms with Gasteiger partial charge < -0.3 is 14.8 Å². The van der Waals surface area contributed by atoms with Crippen molar-refractivity contribution in [2.75, 3.05) is 18.5 Å². The van der Waals surface area contributed by atoms with Crippen LogP contribution in [0.15, 0.2) is 42.6 Å². The van der Waals surface area contributed by atoms with Crippen molar-refractivity contribution in [1.29, 1.82) is 0 Å². The number of para-hydroxylation sites is 1. The number of anilines is 1. The van der Waals surface area contributed by atoms with Crippen molar-refractivity contribution >= 4 is 17.6 Å². The molecule has 1 N–H and O–H groups in total. The third-order valence-corrected chi connectivity index (χ3v) is 2.97. The lowest BCUT2D eigenvalue weighted by atomic mass is 10.1. The van der Waals surface area contributed by atoms with E-state index in [1.54, 1.807) is 49.5 Å². The fraction of sp³-hybridized carbons (Fsp3) is 0.235. The van der Waals surface area contributed by atoms with E-state index >= 15 is 0 Å². The molecule has 2 rings (SSSR count). The highest BCUT2D eigenvalue weighted by molar-refractivity contribution is 6.09. The maximum Gasteiger partial charge on any atom is 0.340 e. The number of esters is 1. The van der Waals surface area contributed by atoms with Gasteiger partial charge in [0.25, 0.3) is 5.91 Å². The molecule has 0 unspecified atom stereocenters. The fourth-order valence-electron chi connectivity index (χ4n) is 1.98. The molecule has 1 aromatic carbocycles. The first kappa shape index (κ1) is 16.5. The molecule has 0 aliphatic rings. The summed E-state index contributed by atoms with van der Waals surface area (Å²) in [6.45, 7) is 4.20. The van der Waals surface area contributed by atoms with E-state index in [1.165, 1.54) is 0 Å². The Morgan fingerprint density at radius 1 is 1.04 bits per heavy atom. The van der Waals surface area contributed by atoms with Crippen molar-refractivity contribution in [2.45, 2.75) is 13.8 Å². The predicted octanol–water partition coefficient (Wildman–Crippen LogP) is 2.91. The van der Waals surface area contributed by atoms with Gasteiger partial charge in [0, 0.05) is 6.20 Å². The summed E-state index contributed by atoms with van der Waals surface area (Å²) in [5.74, 6) is -0.640. The lowest BCUT2D eigenvalue weighted by Crippen LogP contribution is -2.17. The molecule has 0 radical (unpaired) electrons. The Bertz CT molecular complexity index is 700. The summed E-state index contributed by atoms with van der Waals surface area (Å²) in [7, 11) is 0. The number of hydrogen-bond acceptors (Lipinski definition) is 5. The Hall–Kier alpha value is -2.89. The number of pyridine rings is 1. The van der Waals surface area contributed by atoms with Crippen LogP contribution in [0.4, 0.5) is 5.69 Å². The van der Waals surface area contributed by atoms with Crippen LogP contribution in [0.1, 0.15) is 34.6 Å². The van der Waals surface area contributed by atoms with E-state index in [1.807, 2.05) is 6.92 Å². The molecule has 6 nitrogen and oxygen atoms in total. The van der Waals surface area contributed by atoms with Crippen LogP contribution in [-0.2, 0) is 4.74 Å². The fourth-order valence-corrected chi connectivity index (χ4v) is 1.98. The summed E-state index contributed by atoms with van der Waals surface area (Å²) < 4.78 is 10.3. The molecule has 0 saturated carbocycles. The SMILES string of the molecule is CCOC(=O)c1ccccc1NC(=O)c1cccnc1OCC. The highest BCUT2D eigenvalue weighted by atomic mass is 16.5. The van der Waals surface area contributed by atoms with Crippen LogP contribution < -0.4 is 10.1 Å². The van der Waals surface area contributed by atoms with Gasteiger partial charge in [0.15, 0.2) is 0 Å². The van der Waals surface area contributed by atoms with Crippen molar-refractivity contribution in [1.82, 2.24) is 4.98 Å². The van der Waals surface area contributed by atoms with Gasteiger partial charge in [-0.05, 0) is 38.1 Å². The van der Waals surface area contributed by atoms with Gasteiger partial charge in [-0.15, -0.1) is 0 Å². The number of amides is 1. The van der Waals surface area contributed by atoms with E-state index in [-0.39, 0.29) is 12.5 Å². The monoisotopic (exact) mass is 314 g/mol. The Morgan fingerprint density at radius 3 is 2.52 bits per heavy atom. The Kier molecular flexibility index (Phi) is 5.68. The first-order valence-electron chi connectivity index (χ1n) is 7.32. The number of ether oxygens (including phenoxy) is 2. The normalized spacial score (nSPS) is 10.0. The molecule has 1 aromatic heterocycles. The summed E-state index contributed by atoms with van der Waals surface area (Å²) in [5.41, 5.74) is 0.972. The lowest BCUT2D eigenvalue weighted by molar-refractivity contribution is 0.0527. The third-order valence-electron chi connectivity index (χ3n) is 2.97. The standard InChI is InChI=1S/C17H18N2O4/c1-3-22-16-13(9-7-11-18-16)15(20)19-14-10-6-5-8-12(14)17(21)23-4-2/h5-11H,3-4H2,1-2H3,(H,19,20). The zero-order chi connectivity index (χ0) is 16.7. The minimum Gasteiger partial charge on any atom is -0.477 e. The molecule has 23 heavy (non-hydrogen) atoms. The zero-order valence-corrected chi connectivity index (χ0v) is 13.0. The highest BCUT2D eigenvalue weighted by Gasteiger charge is 2.17. The van der Waals surface area contributed by atoms with E-state index in [0.29, 0.717) is 23.4 Å². The van der Waals surface area contributed by atoms with Crippen molar-refractivity contribution in [3.8, 4) is 5.88 Å². The minimum absolute atomic E-state index is 0.251. The molecular weight excluding hydrogens is 296 g/mol. The number of carbonyl (C=O) groups excluding carboxylic acids is 2. The van der Waals surface area contributed by atoms with Crippen LogP contribution in [-0.4, -0.2) is 30.1 Å². The minimum atomic E-state index is -0.486. The summed E-state index contributed by atoms with van der Waals surface area (Å²) in [5, 5.41) is 2.71. The number of hydrogen-bond donors (Lipinski definition) is 1. The lowest BCUT2D eigenvalue weighted by Gasteiger charge is -2.12.